The third-order valence-corrected chi connectivity index (χ3v) is 1.90. The van der Waals surface area contributed by atoms with Crippen LogP contribution < -0.4 is 0 Å². The largest absolute Gasteiger partial charge is 0.286 e. The van der Waals surface area contributed by atoms with Crippen LogP contribution in [-0.4, -0.2) is 19.2 Å². The first-order chi connectivity index (χ1) is 8.95. The SMILES string of the molecule is C(#Cc1ccccc1)c1ccccc1.CS(=O)(=O)O. The predicted molar refractivity (Wildman–Crippen MR) is 76.3 cm³/mol. The maximum atomic E-state index is 9.19. The molecule has 0 atom stereocenters. The lowest BCUT2D eigenvalue weighted by Crippen LogP contribution is -1.88. The highest BCUT2D eigenvalue weighted by molar-refractivity contribution is 7.85. The van der Waals surface area contributed by atoms with E-state index in [1.54, 1.807) is 0 Å². The second-order valence-electron chi connectivity index (χ2n) is 3.72. The maximum absolute atomic E-state index is 9.19. The number of benzene rings is 2. The summed E-state index contributed by atoms with van der Waals surface area (Å²) in [6, 6.07) is 20.0. The standard InChI is InChI=1S/C14H10.CH4O3S/c1-3-7-13(8-4-1)11-12-14-9-5-2-6-10-14;1-5(2,3)4/h1-10H;1H3,(H,2,3,4). The van der Waals surface area contributed by atoms with E-state index < -0.39 is 10.1 Å². The summed E-state index contributed by atoms with van der Waals surface area (Å²) in [6.07, 6.45) is 0.715. The Balaban J connectivity index is 0.000000312. The van der Waals surface area contributed by atoms with E-state index in [2.05, 4.69) is 11.8 Å². The summed E-state index contributed by atoms with van der Waals surface area (Å²) >= 11 is 0. The molecule has 19 heavy (non-hydrogen) atoms. The minimum atomic E-state index is -3.67. The maximum Gasteiger partial charge on any atom is 0.261 e. The van der Waals surface area contributed by atoms with Gasteiger partial charge in [-0.2, -0.15) is 8.42 Å². The van der Waals surface area contributed by atoms with E-state index in [-0.39, 0.29) is 0 Å². The molecule has 0 aromatic heterocycles. The molecule has 0 spiro atoms. The molecular formula is C15H14O3S. The van der Waals surface area contributed by atoms with E-state index >= 15 is 0 Å². The zero-order valence-corrected chi connectivity index (χ0v) is 11.3. The second kappa shape index (κ2) is 7.37. The summed E-state index contributed by atoms with van der Waals surface area (Å²) in [6.45, 7) is 0. The number of hydrogen-bond acceptors (Lipinski definition) is 2. The quantitative estimate of drug-likeness (QED) is 0.593. The third-order valence-electron chi connectivity index (χ3n) is 1.90. The van der Waals surface area contributed by atoms with E-state index in [0.717, 1.165) is 11.1 Å². The molecule has 0 bridgehead atoms. The van der Waals surface area contributed by atoms with Gasteiger partial charge in [0.15, 0.2) is 0 Å². The van der Waals surface area contributed by atoms with Crippen molar-refractivity contribution in [2.24, 2.45) is 0 Å². The van der Waals surface area contributed by atoms with Crippen molar-refractivity contribution in [1.82, 2.24) is 0 Å². The van der Waals surface area contributed by atoms with Gasteiger partial charge in [-0.1, -0.05) is 48.2 Å². The molecule has 0 unspecified atom stereocenters. The molecule has 0 aliphatic heterocycles. The fourth-order valence-electron chi connectivity index (χ4n) is 1.19. The lowest BCUT2D eigenvalue weighted by atomic mass is 10.2. The Labute approximate surface area is 113 Å². The average Bonchev–Trinajstić information content (AvgIpc) is 2.37. The molecule has 2 aromatic carbocycles. The Bertz CT molecular complexity index is 599. The fraction of sp³-hybridized carbons (Fsp3) is 0.0667. The average molecular weight is 274 g/mol. The smallest absolute Gasteiger partial charge is 0.261 e. The van der Waals surface area contributed by atoms with Crippen molar-refractivity contribution in [2.75, 3.05) is 6.26 Å². The number of hydrogen-bond donors (Lipinski definition) is 1. The van der Waals surface area contributed by atoms with Gasteiger partial charge in [-0.25, -0.2) is 0 Å². The molecule has 0 aliphatic carbocycles. The monoisotopic (exact) mass is 274 g/mol. The van der Waals surface area contributed by atoms with Crippen LogP contribution in [0, 0.1) is 11.8 Å². The van der Waals surface area contributed by atoms with E-state index in [4.69, 9.17) is 4.55 Å². The van der Waals surface area contributed by atoms with Crippen LogP contribution in [0.15, 0.2) is 60.7 Å². The Morgan fingerprint density at radius 3 is 1.32 bits per heavy atom. The van der Waals surface area contributed by atoms with Gasteiger partial charge >= 0.3 is 0 Å². The lowest BCUT2D eigenvalue weighted by Gasteiger charge is -1.88. The highest BCUT2D eigenvalue weighted by atomic mass is 32.2. The van der Waals surface area contributed by atoms with Gasteiger partial charge in [-0.15, -0.1) is 0 Å². The van der Waals surface area contributed by atoms with Crippen molar-refractivity contribution in [2.45, 2.75) is 0 Å². The van der Waals surface area contributed by atoms with Crippen LogP contribution in [0.4, 0.5) is 0 Å². The Hall–Kier alpha value is -2.09. The number of rotatable bonds is 0. The van der Waals surface area contributed by atoms with Crippen molar-refractivity contribution < 1.29 is 13.0 Å². The van der Waals surface area contributed by atoms with Crippen LogP contribution in [0.5, 0.6) is 0 Å². The molecular weight excluding hydrogens is 260 g/mol. The molecule has 0 saturated carbocycles. The summed E-state index contributed by atoms with van der Waals surface area (Å²) in [5.74, 6) is 6.22. The molecule has 4 heteroatoms. The van der Waals surface area contributed by atoms with Gasteiger partial charge in [0.25, 0.3) is 10.1 Å². The van der Waals surface area contributed by atoms with E-state index in [1.165, 1.54) is 0 Å². The van der Waals surface area contributed by atoms with Gasteiger partial charge in [-0.3, -0.25) is 4.55 Å². The highest BCUT2D eigenvalue weighted by Crippen LogP contribution is 1.98. The zero-order valence-electron chi connectivity index (χ0n) is 10.4. The predicted octanol–water partition coefficient (Wildman–Crippen LogP) is 2.59. The molecule has 0 radical (unpaired) electrons. The lowest BCUT2D eigenvalue weighted by molar-refractivity contribution is 0.490. The Morgan fingerprint density at radius 1 is 0.789 bits per heavy atom. The van der Waals surface area contributed by atoms with Crippen LogP contribution in [0.1, 0.15) is 11.1 Å². The molecule has 0 saturated heterocycles. The Kier molecular flexibility index (Phi) is 5.80. The van der Waals surface area contributed by atoms with Gasteiger partial charge in [0.05, 0.1) is 6.26 Å². The Morgan fingerprint density at radius 2 is 1.05 bits per heavy atom. The van der Waals surface area contributed by atoms with Crippen molar-refractivity contribution in [1.29, 1.82) is 0 Å². The highest BCUT2D eigenvalue weighted by Gasteiger charge is 1.83. The van der Waals surface area contributed by atoms with E-state index in [0.29, 0.717) is 6.26 Å². The van der Waals surface area contributed by atoms with Crippen LogP contribution in [0.2, 0.25) is 0 Å². The topological polar surface area (TPSA) is 54.4 Å². The van der Waals surface area contributed by atoms with E-state index in [9.17, 15) is 8.42 Å². The first-order valence-corrected chi connectivity index (χ1v) is 7.34. The zero-order chi connectivity index (χ0) is 14.1. The normalized spacial score (nSPS) is 9.58. The molecule has 0 fully saturated rings. The van der Waals surface area contributed by atoms with Gasteiger partial charge in [0.2, 0.25) is 0 Å². The summed E-state index contributed by atoms with van der Waals surface area (Å²) in [7, 11) is -3.67. The van der Waals surface area contributed by atoms with Crippen molar-refractivity contribution in [3.05, 3.63) is 71.8 Å². The minimum absolute atomic E-state index is 0.715. The summed E-state index contributed by atoms with van der Waals surface area (Å²) in [5.41, 5.74) is 2.10. The summed E-state index contributed by atoms with van der Waals surface area (Å²) < 4.78 is 25.9. The molecule has 3 nitrogen and oxygen atoms in total. The van der Waals surface area contributed by atoms with Crippen molar-refractivity contribution >= 4 is 10.1 Å². The van der Waals surface area contributed by atoms with Gasteiger partial charge in [-0.05, 0) is 24.3 Å². The van der Waals surface area contributed by atoms with Crippen LogP contribution in [-0.2, 0) is 10.1 Å². The molecule has 98 valence electrons. The second-order valence-corrected chi connectivity index (χ2v) is 5.18. The molecule has 0 aliphatic rings. The van der Waals surface area contributed by atoms with Crippen LogP contribution in [0.25, 0.3) is 0 Å². The molecule has 0 amide bonds. The molecule has 0 heterocycles. The first kappa shape index (κ1) is 15.0. The van der Waals surface area contributed by atoms with Gasteiger partial charge in [0, 0.05) is 11.1 Å². The third kappa shape index (κ3) is 8.61. The summed E-state index contributed by atoms with van der Waals surface area (Å²) in [5, 5.41) is 0. The van der Waals surface area contributed by atoms with Crippen LogP contribution in [0.3, 0.4) is 0 Å². The minimum Gasteiger partial charge on any atom is -0.286 e. The fourth-order valence-corrected chi connectivity index (χ4v) is 1.19. The van der Waals surface area contributed by atoms with Gasteiger partial charge in [0.1, 0.15) is 0 Å². The first-order valence-electron chi connectivity index (χ1n) is 5.50. The molecule has 1 N–H and O–H groups in total. The molecule has 2 rings (SSSR count). The van der Waals surface area contributed by atoms with Crippen molar-refractivity contribution in [3.63, 3.8) is 0 Å². The molecule has 2 aromatic rings. The van der Waals surface area contributed by atoms with Crippen LogP contribution >= 0.6 is 0 Å². The van der Waals surface area contributed by atoms with Gasteiger partial charge < -0.3 is 0 Å². The summed E-state index contributed by atoms with van der Waals surface area (Å²) in [4.78, 5) is 0. The van der Waals surface area contributed by atoms with Crippen molar-refractivity contribution in [3.8, 4) is 11.8 Å². The van der Waals surface area contributed by atoms with E-state index in [1.807, 2.05) is 60.7 Å².